The fourth-order valence-corrected chi connectivity index (χ4v) is 2.86. The van der Waals surface area contributed by atoms with E-state index in [9.17, 15) is 4.39 Å². The zero-order chi connectivity index (χ0) is 15.4. The van der Waals surface area contributed by atoms with Crippen LogP contribution in [0.2, 0.25) is 0 Å². The number of likely N-dealkylation sites (N-methyl/N-ethyl adjacent to an activating group) is 2. The molecule has 2 heterocycles. The molecular weight excluding hydrogens is 267 g/mol. The van der Waals surface area contributed by atoms with E-state index in [0.717, 1.165) is 30.9 Å². The second-order valence-electron chi connectivity index (χ2n) is 6.34. The summed E-state index contributed by atoms with van der Waals surface area (Å²) in [5.41, 5.74) is 0.930. The second kappa shape index (κ2) is 7.18. The Balaban J connectivity index is 2.16. The molecule has 0 spiro atoms. The molecule has 2 rings (SSSR count). The van der Waals surface area contributed by atoms with E-state index in [1.165, 1.54) is 12.6 Å². The van der Waals surface area contributed by atoms with Crippen LogP contribution in [0.15, 0.2) is 12.3 Å². The number of aromatic nitrogens is 1. The number of anilines is 1. The van der Waals surface area contributed by atoms with E-state index < -0.39 is 0 Å². The Morgan fingerprint density at radius 2 is 2.29 bits per heavy atom. The number of nitrogens with one attached hydrogen (secondary N) is 1. The molecule has 1 N–H and O–H groups in total. The molecule has 1 aromatic heterocycles. The van der Waals surface area contributed by atoms with Gasteiger partial charge in [-0.25, -0.2) is 9.37 Å². The Morgan fingerprint density at radius 3 is 2.95 bits per heavy atom. The molecule has 1 atom stereocenters. The molecule has 0 radical (unpaired) electrons. The highest BCUT2D eigenvalue weighted by atomic mass is 19.1. The maximum Gasteiger partial charge on any atom is 0.141 e. The van der Waals surface area contributed by atoms with E-state index in [1.807, 2.05) is 0 Å². The number of likely N-dealkylation sites (tertiary alicyclic amines) is 1. The first-order valence-corrected chi connectivity index (χ1v) is 7.76. The summed E-state index contributed by atoms with van der Waals surface area (Å²) >= 11 is 0. The predicted octanol–water partition coefficient (Wildman–Crippen LogP) is 2.25. The molecule has 0 aliphatic carbocycles. The maximum atomic E-state index is 13.5. The van der Waals surface area contributed by atoms with Crippen molar-refractivity contribution in [3.05, 3.63) is 23.6 Å². The van der Waals surface area contributed by atoms with Crippen molar-refractivity contribution >= 4 is 5.82 Å². The van der Waals surface area contributed by atoms with Crippen LogP contribution in [0.1, 0.15) is 32.3 Å². The van der Waals surface area contributed by atoms with E-state index >= 15 is 0 Å². The van der Waals surface area contributed by atoms with Crippen LogP contribution in [0.4, 0.5) is 10.2 Å². The number of pyridine rings is 1. The average molecular weight is 294 g/mol. The van der Waals surface area contributed by atoms with Gasteiger partial charge in [-0.2, -0.15) is 0 Å². The Bertz CT molecular complexity index is 464. The summed E-state index contributed by atoms with van der Waals surface area (Å²) in [6.07, 6.45) is 3.68. The summed E-state index contributed by atoms with van der Waals surface area (Å²) in [7, 11) is 4.22. The van der Waals surface area contributed by atoms with Gasteiger partial charge in [0.15, 0.2) is 0 Å². The summed E-state index contributed by atoms with van der Waals surface area (Å²) in [6, 6.07) is 2.41. The molecule has 118 valence electrons. The van der Waals surface area contributed by atoms with Gasteiger partial charge >= 0.3 is 0 Å². The van der Waals surface area contributed by atoms with Crippen molar-refractivity contribution in [3.8, 4) is 0 Å². The van der Waals surface area contributed by atoms with Gasteiger partial charge in [0.1, 0.15) is 11.6 Å². The van der Waals surface area contributed by atoms with Crippen LogP contribution in [0.3, 0.4) is 0 Å². The molecule has 0 bridgehead atoms. The Hall–Kier alpha value is -1.20. The minimum Gasteiger partial charge on any atom is -0.355 e. The molecular formula is C16H27FN4. The van der Waals surface area contributed by atoms with Crippen molar-refractivity contribution in [2.45, 2.75) is 45.3 Å². The molecule has 1 fully saturated rings. The van der Waals surface area contributed by atoms with Crippen molar-refractivity contribution < 1.29 is 4.39 Å². The number of hydrogen-bond acceptors (Lipinski definition) is 4. The number of nitrogens with zero attached hydrogens (tertiary/aromatic N) is 3. The lowest BCUT2D eigenvalue weighted by molar-refractivity contribution is 0.247. The molecule has 0 aromatic carbocycles. The summed E-state index contributed by atoms with van der Waals surface area (Å²) in [6.45, 7) is 7.01. The topological polar surface area (TPSA) is 31.4 Å². The van der Waals surface area contributed by atoms with E-state index in [1.54, 1.807) is 6.07 Å². The van der Waals surface area contributed by atoms with Crippen molar-refractivity contribution in [1.82, 2.24) is 15.2 Å². The second-order valence-corrected chi connectivity index (χ2v) is 6.34. The average Bonchev–Trinajstić information content (AvgIpc) is 2.44. The number of hydrogen-bond donors (Lipinski definition) is 1. The van der Waals surface area contributed by atoms with Crippen molar-refractivity contribution in [1.29, 1.82) is 0 Å². The van der Waals surface area contributed by atoms with Gasteiger partial charge in [-0.3, -0.25) is 0 Å². The summed E-state index contributed by atoms with van der Waals surface area (Å²) < 4.78 is 13.5. The molecule has 4 nitrogen and oxygen atoms in total. The lowest BCUT2D eigenvalue weighted by Gasteiger charge is -2.37. The first kappa shape index (κ1) is 16.2. The quantitative estimate of drug-likeness (QED) is 0.902. The van der Waals surface area contributed by atoms with E-state index in [-0.39, 0.29) is 5.82 Å². The zero-order valence-corrected chi connectivity index (χ0v) is 13.6. The molecule has 1 aromatic rings. The smallest absolute Gasteiger partial charge is 0.141 e. The zero-order valence-electron chi connectivity index (χ0n) is 13.6. The predicted molar refractivity (Wildman–Crippen MR) is 85.1 cm³/mol. The van der Waals surface area contributed by atoms with Crippen LogP contribution < -0.4 is 10.2 Å². The van der Waals surface area contributed by atoms with E-state index in [0.29, 0.717) is 18.6 Å². The third-order valence-electron chi connectivity index (χ3n) is 4.09. The van der Waals surface area contributed by atoms with Crippen LogP contribution in [0.25, 0.3) is 0 Å². The first-order valence-electron chi connectivity index (χ1n) is 7.76. The molecule has 1 saturated heterocycles. The van der Waals surface area contributed by atoms with Crippen LogP contribution in [0.5, 0.6) is 0 Å². The molecule has 0 saturated carbocycles. The molecule has 0 amide bonds. The number of piperidine rings is 1. The van der Waals surface area contributed by atoms with Gasteiger partial charge < -0.3 is 15.1 Å². The minimum atomic E-state index is -0.270. The molecule has 1 aliphatic heterocycles. The summed E-state index contributed by atoms with van der Waals surface area (Å²) in [5.74, 6) is 0.623. The van der Waals surface area contributed by atoms with Gasteiger partial charge in [0.05, 0.1) is 6.20 Å². The summed E-state index contributed by atoms with van der Waals surface area (Å²) in [5, 5.41) is 3.35. The Labute approximate surface area is 127 Å². The monoisotopic (exact) mass is 294 g/mol. The Morgan fingerprint density at radius 1 is 1.52 bits per heavy atom. The largest absolute Gasteiger partial charge is 0.355 e. The lowest BCUT2D eigenvalue weighted by Crippen LogP contribution is -2.45. The minimum absolute atomic E-state index is 0.270. The molecule has 1 unspecified atom stereocenters. The van der Waals surface area contributed by atoms with Gasteiger partial charge in [0, 0.05) is 37.8 Å². The summed E-state index contributed by atoms with van der Waals surface area (Å²) in [4.78, 5) is 8.91. The van der Waals surface area contributed by atoms with Crippen LogP contribution in [0, 0.1) is 5.82 Å². The molecule has 1 aliphatic rings. The normalized spacial score (nSPS) is 20.0. The highest BCUT2D eigenvalue weighted by Gasteiger charge is 2.23. The van der Waals surface area contributed by atoms with Gasteiger partial charge in [-0.05, 0) is 32.5 Å². The van der Waals surface area contributed by atoms with Crippen LogP contribution in [-0.4, -0.2) is 49.2 Å². The number of halogens is 1. The number of rotatable bonds is 5. The van der Waals surface area contributed by atoms with Gasteiger partial charge in [0.25, 0.3) is 0 Å². The SMILES string of the molecule is CC(C)NCc1cc(F)cnc1N(C)C1CCCN(C)C1. The Kier molecular flexibility index (Phi) is 5.53. The standard InChI is InChI=1S/C16H27FN4/c1-12(2)18-9-13-8-14(17)10-19-16(13)21(4)15-6-5-7-20(3)11-15/h8,10,12,15,18H,5-7,9,11H2,1-4H3. The maximum absolute atomic E-state index is 13.5. The van der Waals surface area contributed by atoms with Gasteiger partial charge in [0.2, 0.25) is 0 Å². The highest BCUT2D eigenvalue weighted by molar-refractivity contribution is 5.47. The van der Waals surface area contributed by atoms with E-state index in [4.69, 9.17) is 0 Å². The highest BCUT2D eigenvalue weighted by Crippen LogP contribution is 2.23. The third kappa shape index (κ3) is 4.38. The fraction of sp³-hybridized carbons (Fsp3) is 0.688. The molecule has 21 heavy (non-hydrogen) atoms. The van der Waals surface area contributed by atoms with Crippen molar-refractivity contribution in [2.75, 3.05) is 32.1 Å². The van der Waals surface area contributed by atoms with Crippen LogP contribution >= 0.6 is 0 Å². The fourth-order valence-electron chi connectivity index (χ4n) is 2.86. The van der Waals surface area contributed by atoms with Gasteiger partial charge in [-0.1, -0.05) is 13.8 Å². The first-order chi connectivity index (χ1) is 9.97. The third-order valence-corrected chi connectivity index (χ3v) is 4.09. The van der Waals surface area contributed by atoms with E-state index in [2.05, 4.69) is 48.0 Å². The van der Waals surface area contributed by atoms with Crippen LogP contribution in [-0.2, 0) is 6.54 Å². The van der Waals surface area contributed by atoms with Gasteiger partial charge in [-0.15, -0.1) is 0 Å². The molecule has 5 heteroatoms. The van der Waals surface area contributed by atoms with Crippen molar-refractivity contribution in [3.63, 3.8) is 0 Å². The lowest BCUT2D eigenvalue weighted by atomic mass is 10.0. The van der Waals surface area contributed by atoms with Crippen molar-refractivity contribution in [2.24, 2.45) is 0 Å².